The van der Waals surface area contributed by atoms with Crippen molar-refractivity contribution in [3.63, 3.8) is 0 Å². The zero-order chi connectivity index (χ0) is 22.4. The van der Waals surface area contributed by atoms with Crippen LogP contribution in [-0.4, -0.2) is 26.8 Å². The molecule has 0 aromatic heterocycles. The van der Waals surface area contributed by atoms with Crippen molar-refractivity contribution in [3.8, 4) is 0 Å². The molecular weight excluding hydrogens is 438 g/mol. The lowest BCUT2D eigenvalue weighted by atomic mass is 10.2. The molecule has 0 saturated heterocycles. The summed E-state index contributed by atoms with van der Waals surface area (Å²) in [6.45, 7) is 1.53. The van der Waals surface area contributed by atoms with E-state index in [1.165, 1.54) is 24.3 Å². The molecule has 3 aromatic carbocycles. The zero-order valence-electron chi connectivity index (χ0n) is 16.6. The van der Waals surface area contributed by atoms with E-state index in [4.69, 9.17) is 11.6 Å². The second-order valence-corrected chi connectivity index (χ2v) is 8.73. The van der Waals surface area contributed by atoms with E-state index in [0.29, 0.717) is 16.4 Å². The van der Waals surface area contributed by atoms with Crippen LogP contribution in [0.4, 0.5) is 11.4 Å². The summed E-state index contributed by atoms with van der Waals surface area (Å²) < 4.78 is 27.4. The van der Waals surface area contributed by atoms with Crippen LogP contribution >= 0.6 is 11.6 Å². The minimum Gasteiger partial charge on any atom is -0.343 e. The summed E-state index contributed by atoms with van der Waals surface area (Å²) >= 11 is 6.03. The van der Waals surface area contributed by atoms with Crippen LogP contribution in [0, 0.1) is 6.92 Å². The summed E-state index contributed by atoms with van der Waals surface area (Å²) in [6.07, 6.45) is 0. The average molecular weight is 458 g/mol. The van der Waals surface area contributed by atoms with Crippen molar-refractivity contribution in [2.24, 2.45) is 0 Å². The van der Waals surface area contributed by atoms with Gasteiger partial charge in [-0.3, -0.25) is 14.3 Å². The number of halogens is 1. The quantitative estimate of drug-likeness (QED) is 0.501. The van der Waals surface area contributed by atoms with Crippen LogP contribution < -0.4 is 15.4 Å². The van der Waals surface area contributed by atoms with E-state index in [1.54, 1.807) is 55.5 Å². The molecule has 0 saturated carbocycles. The smallest absolute Gasteiger partial charge is 0.261 e. The fourth-order valence-corrected chi connectivity index (χ4v) is 3.94. The fourth-order valence-electron chi connectivity index (χ4n) is 2.71. The number of carbonyl (C=O) groups excluding carboxylic acids is 2. The molecule has 0 unspecified atom stereocenters. The van der Waals surface area contributed by atoms with Crippen molar-refractivity contribution in [1.29, 1.82) is 0 Å². The standard InChI is InChI=1S/C22H20ClN3O4S/c1-15-19(23)8-5-9-20(15)25-21(27)14-24-22(28)16-10-12-18(13-11-16)31(29,30)26-17-6-3-2-4-7-17/h2-13,26H,14H2,1H3,(H,24,28)(H,25,27). The molecule has 2 amide bonds. The SMILES string of the molecule is Cc1c(Cl)cccc1NC(=O)CNC(=O)c1ccc(S(=O)(=O)Nc2ccccc2)cc1. The first kappa shape index (κ1) is 22.3. The Morgan fingerprint density at radius 3 is 2.26 bits per heavy atom. The maximum Gasteiger partial charge on any atom is 0.261 e. The number of carbonyl (C=O) groups is 2. The largest absolute Gasteiger partial charge is 0.343 e. The van der Waals surface area contributed by atoms with Crippen LogP contribution in [0.1, 0.15) is 15.9 Å². The summed E-state index contributed by atoms with van der Waals surface area (Å²) in [4.78, 5) is 24.4. The highest BCUT2D eigenvalue weighted by Crippen LogP contribution is 2.22. The first-order chi connectivity index (χ1) is 14.8. The number of nitrogens with one attached hydrogen (secondary N) is 3. The summed E-state index contributed by atoms with van der Waals surface area (Å²) in [5, 5.41) is 5.71. The molecule has 160 valence electrons. The lowest BCUT2D eigenvalue weighted by molar-refractivity contribution is -0.115. The number of sulfonamides is 1. The average Bonchev–Trinajstić information content (AvgIpc) is 2.76. The number of para-hydroxylation sites is 1. The third-order valence-corrected chi connectivity index (χ3v) is 6.21. The van der Waals surface area contributed by atoms with Gasteiger partial charge in [0.2, 0.25) is 5.91 Å². The van der Waals surface area contributed by atoms with E-state index >= 15 is 0 Å². The Labute approximate surface area is 185 Å². The monoisotopic (exact) mass is 457 g/mol. The molecule has 7 nitrogen and oxygen atoms in total. The number of anilines is 2. The van der Waals surface area contributed by atoms with Gasteiger partial charge in [-0.15, -0.1) is 0 Å². The van der Waals surface area contributed by atoms with Gasteiger partial charge >= 0.3 is 0 Å². The molecule has 0 aliphatic rings. The van der Waals surface area contributed by atoms with E-state index in [-0.39, 0.29) is 17.0 Å². The van der Waals surface area contributed by atoms with Gasteiger partial charge in [0.1, 0.15) is 0 Å². The first-order valence-electron chi connectivity index (χ1n) is 9.27. The van der Waals surface area contributed by atoms with Gasteiger partial charge in [0, 0.05) is 22.0 Å². The van der Waals surface area contributed by atoms with Gasteiger partial charge in [0.05, 0.1) is 11.4 Å². The van der Waals surface area contributed by atoms with E-state index in [2.05, 4.69) is 15.4 Å². The normalized spacial score (nSPS) is 10.9. The Morgan fingerprint density at radius 2 is 1.58 bits per heavy atom. The van der Waals surface area contributed by atoms with Crippen LogP contribution in [-0.2, 0) is 14.8 Å². The molecule has 3 rings (SSSR count). The first-order valence-corrected chi connectivity index (χ1v) is 11.1. The summed E-state index contributed by atoms with van der Waals surface area (Å²) in [7, 11) is -3.78. The maximum absolute atomic E-state index is 12.4. The fraction of sp³-hybridized carbons (Fsp3) is 0.0909. The zero-order valence-corrected chi connectivity index (χ0v) is 18.1. The number of hydrogen-bond donors (Lipinski definition) is 3. The van der Waals surface area contributed by atoms with E-state index in [0.717, 1.165) is 5.56 Å². The summed E-state index contributed by atoms with van der Waals surface area (Å²) in [5.41, 5.74) is 1.95. The number of rotatable bonds is 7. The number of hydrogen-bond acceptors (Lipinski definition) is 4. The Balaban J connectivity index is 1.58. The highest BCUT2D eigenvalue weighted by molar-refractivity contribution is 7.92. The van der Waals surface area contributed by atoms with Crippen molar-refractivity contribution >= 4 is 44.8 Å². The topological polar surface area (TPSA) is 104 Å². The van der Waals surface area contributed by atoms with Crippen molar-refractivity contribution < 1.29 is 18.0 Å². The minimum atomic E-state index is -3.78. The van der Waals surface area contributed by atoms with E-state index < -0.39 is 21.8 Å². The highest BCUT2D eigenvalue weighted by Gasteiger charge is 2.16. The Bertz CT molecular complexity index is 1200. The summed E-state index contributed by atoms with van der Waals surface area (Å²) in [5.74, 6) is -0.914. The van der Waals surface area contributed by atoms with Crippen LogP contribution in [0.25, 0.3) is 0 Å². The van der Waals surface area contributed by atoms with E-state index in [1.807, 2.05) is 0 Å². The van der Waals surface area contributed by atoms with Gasteiger partial charge in [-0.1, -0.05) is 35.9 Å². The molecule has 0 aliphatic heterocycles. The van der Waals surface area contributed by atoms with Crippen LogP contribution in [0.2, 0.25) is 5.02 Å². The van der Waals surface area contributed by atoms with Crippen molar-refractivity contribution in [1.82, 2.24) is 5.32 Å². The molecule has 0 spiro atoms. The lowest BCUT2D eigenvalue weighted by Crippen LogP contribution is -2.33. The van der Waals surface area contributed by atoms with Gasteiger partial charge < -0.3 is 10.6 Å². The highest BCUT2D eigenvalue weighted by atomic mass is 35.5. The van der Waals surface area contributed by atoms with Gasteiger partial charge in [0.25, 0.3) is 15.9 Å². The lowest BCUT2D eigenvalue weighted by Gasteiger charge is -2.11. The molecule has 31 heavy (non-hydrogen) atoms. The Kier molecular flexibility index (Phi) is 6.94. The number of benzene rings is 3. The maximum atomic E-state index is 12.4. The number of amides is 2. The predicted molar refractivity (Wildman–Crippen MR) is 121 cm³/mol. The van der Waals surface area contributed by atoms with Crippen LogP contribution in [0.15, 0.2) is 77.7 Å². The van der Waals surface area contributed by atoms with Gasteiger partial charge in [-0.05, 0) is 61.0 Å². The van der Waals surface area contributed by atoms with Gasteiger partial charge in [0.15, 0.2) is 0 Å². The third kappa shape index (κ3) is 5.84. The van der Waals surface area contributed by atoms with Crippen LogP contribution in [0.5, 0.6) is 0 Å². The second-order valence-electron chi connectivity index (χ2n) is 6.64. The molecule has 0 aliphatic carbocycles. The summed E-state index contributed by atoms with van der Waals surface area (Å²) in [6, 6.07) is 19.0. The molecule has 0 atom stereocenters. The van der Waals surface area contributed by atoms with Crippen molar-refractivity contribution in [2.75, 3.05) is 16.6 Å². The minimum absolute atomic E-state index is 0.0158. The Morgan fingerprint density at radius 1 is 0.903 bits per heavy atom. The molecule has 3 aromatic rings. The van der Waals surface area contributed by atoms with Crippen LogP contribution in [0.3, 0.4) is 0 Å². The second kappa shape index (κ2) is 9.63. The van der Waals surface area contributed by atoms with Crippen molar-refractivity contribution in [2.45, 2.75) is 11.8 Å². The Hall–Kier alpha value is -3.36. The molecule has 0 bridgehead atoms. The molecule has 0 radical (unpaired) electrons. The third-order valence-electron chi connectivity index (χ3n) is 4.40. The molecular formula is C22H20ClN3O4S. The molecule has 3 N–H and O–H groups in total. The van der Waals surface area contributed by atoms with Gasteiger partial charge in [-0.25, -0.2) is 8.42 Å². The molecule has 9 heteroatoms. The van der Waals surface area contributed by atoms with Crippen molar-refractivity contribution in [3.05, 3.63) is 88.9 Å². The predicted octanol–water partition coefficient (Wildman–Crippen LogP) is 3.82. The molecule has 0 heterocycles. The van der Waals surface area contributed by atoms with E-state index in [9.17, 15) is 18.0 Å². The van der Waals surface area contributed by atoms with Gasteiger partial charge in [-0.2, -0.15) is 0 Å². The molecule has 0 fully saturated rings.